The van der Waals surface area contributed by atoms with E-state index in [9.17, 15) is 4.79 Å². The highest BCUT2D eigenvalue weighted by Gasteiger charge is 2.25. The molecule has 7 heteroatoms. The van der Waals surface area contributed by atoms with Crippen molar-refractivity contribution in [2.45, 2.75) is 32.9 Å². The maximum Gasteiger partial charge on any atom is 0.253 e. The second-order valence-electron chi connectivity index (χ2n) is 6.37. The predicted octanol–water partition coefficient (Wildman–Crippen LogP) is 0.874. The van der Waals surface area contributed by atoms with Gasteiger partial charge in [0.15, 0.2) is 0 Å². The first-order chi connectivity index (χ1) is 11.2. The van der Waals surface area contributed by atoms with Gasteiger partial charge in [-0.15, -0.1) is 10.2 Å². The molecule has 0 amide bonds. The van der Waals surface area contributed by atoms with E-state index in [1.807, 2.05) is 13.0 Å². The number of H-pyrrole nitrogens is 1. The number of nitrogens with zero attached hydrogens (tertiary/aromatic N) is 4. The first kappa shape index (κ1) is 14.4. The molecule has 2 aliphatic rings. The molecular weight excluding hydrogens is 294 g/mol. The zero-order valence-corrected chi connectivity index (χ0v) is 13.3. The van der Waals surface area contributed by atoms with Crippen LogP contribution in [0.3, 0.4) is 0 Å². The number of aromatic amines is 1. The smallest absolute Gasteiger partial charge is 0.253 e. The molecule has 1 fully saturated rings. The van der Waals surface area contributed by atoms with Crippen molar-refractivity contribution < 1.29 is 4.74 Å². The Morgan fingerprint density at radius 3 is 3.17 bits per heavy atom. The van der Waals surface area contributed by atoms with E-state index in [-0.39, 0.29) is 5.56 Å². The molecule has 0 aromatic carbocycles. The lowest BCUT2D eigenvalue weighted by molar-refractivity contribution is 0.182. The molecular formula is C16H21N5O2. The van der Waals surface area contributed by atoms with Crippen LogP contribution in [0.25, 0.3) is 0 Å². The quantitative estimate of drug-likeness (QED) is 0.910. The Morgan fingerprint density at radius 1 is 1.43 bits per heavy atom. The lowest BCUT2D eigenvalue weighted by Crippen LogP contribution is -2.36. The summed E-state index contributed by atoms with van der Waals surface area (Å²) in [5.74, 6) is 2.30. The van der Waals surface area contributed by atoms with Crippen LogP contribution in [-0.2, 0) is 24.2 Å². The second kappa shape index (κ2) is 5.81. The molecule has 2 aromatic heterocycles. The van der Waals surface area contributed by atoms with Crippen LogP contribution in [0.2, 0.25) is 0 Å². The van der Waals surface area contributed by atoms with Gasteiger partial charge in [-0.25, -0.2) is 0 Å². The van der Waals surface area contributed by atoms with E-state index in [1.54, 1.807) is 6.20 Å². The third-order valence-electron chi connectivity index (χ3n) is 4.82. The Morgan fingerprint density at radius 2 is 2.35 bits per heavy atom. The molecule has 0 bridgehead atoms. The van der Waals surface area contributed by atoms with Gasteiger partial charge in [0, 0.05) is 37.4 Å². The molecule has 1 saturated heterocycles. The van der Waals surface area contributed by atoms with Gasteiger partial charge in [-0.05, 0) is 31.4 Å². The van der Waals surface area contributed by atoms with Gasteiger partial charge in [-0.3, -0.25) is 9.36 Å². The van der Waals surface area contributed by atoms with Gasteiger partial charge in [0.2, 0.25) is 5.95 Å². The molecule has 1 atom stereocenters. The lowest BCUT2D eigenvalue weighted by Gasteiger charge is -2.29. The number of nitrogens with one attached hydrogen (secondary N) is 1. The summed E-state index contributed by atoms with van der Waals surface area (Å²) in [4.78, 5) is 17.0. The molecule has 23 heavy (non-hydrogen) atoms. The molecule has 4 rings (SSSR count). The van der Waals surface area contributed by atoms with Crippen LogP contribution in [-0.4, -0.2) is 39.5 Å². The van der Waals surface area contributed by atoms with Crippen LogP contribution in [0.4, 0.5) is 5.95 Å². The molecule has 1 N–H and O–H groups in total. The minimum absolute atomic E-state index is 0.000759. The first-order valence-electron chi connectivity index (χ1n) is 8.14. The summed E-state index contributed by atoms with van der Waals surface area (Å²) in [5, 5.41) is 8.63. The second-order valence-corrected chi connectivity index (χ2v) is 6.37. The fraction of sp³-hybridized carbons (Fsp3) is 0.562. The SMILES string of the molecule is Cc1nnc(N2CCc3cc[nH]c(=O)c3C2)n1CC1CCOC1. The normalized spacial score (nSPS) is 20.7. The van der Waals surface area contributed by atoms with Crippen molar-refractivity contribution in [3.05, 3.63) is 39.6 Å². The summed E-state index contributed by atoms with van der Waals surface area (Å²) in [5.41, 5.74) is 1.98. The highest BCUT2D eigenvalue weighted by atomic mass is 16.5. The van der Waals surface area contributed by atoms with Crippen LogP contribution in [0, 0.1) is 12.8 Å². The summed E-state index contributed by atoms with van der Waals surface area (Å²) in [6.07, 6.45) is 3.67. The first-order valence-corrected chi connectivity index (χ1v) is 8.14. The highest BCUT2D eigenvalue weighted by Crippen LogP contribution is 2.24. The van der Waals surface area contributed by atoms with Gasteiger partial charge in [-0.2, -0.15) is 0 Å². The van der Waals surface area contributed by atoms with Crippen LogP contribution >= 0.6 is 0 Å². The average molecular weight is 315 g/mol. The zero-order valence-electron chi connectivity index (χ0n) is 13.3. The van der Waals surface area contributed by atoms with Gasteiger partial charge >= 0.3 is 0 Å². The number of anilines is 1. The number of aryl methyl sites for hydroxylation is 1. The van der Waals surface area contributed by atoms with Crippen LogP contribution in [0.15, 0.2) is 17.1 Å². The molecule has 0 radical (unpaired) electrons. The molecule has 1 unspecified atom stereocenters. The summed E-state index contributed by atoms with van der Waals surface area (Å²) in [6, 6.07) is 2.00. The Labute approximate surface area is 134 Å². The molecule has 0 aliphatic carbocycles. The fourth-order valence-corrected chi connectivity index (χ4v) is 3.46. The Balaban J connectivity index is 1.61. The molecule has 2 aromatic rings. The van der Waals surface area contributed by atoms with Crippen molar-refractivity contribution in [1.82, 2.24) is 19.7 Å². The molecule has 2 aliphatic heterocycles. The minimum atomic E-state index is -0.000759. The van der Waals surface area contributed by atoms with E-state index in [2.05, 4.69) is 24.6 Å². The molecule has 4 heterocycles. The maximum atomic E-state index is 12.1. The standard InChI is InChI=1S/C16H21N5O2/c1-11-18-19-16(21(11)8-12-4-7-23-10-12)20-6-3-13-2-5-17-15(22)14(13)9-20/h2,5,12H,3-4,6-10H2,1H3,(H,17,22). The van der Waals surface area contributed by atoms with Gasteiger partial charge < -0.3 is 14.6 Å². The molecule has 0 saturated carbocycles. The van der Waals surface area contributed by atoms with E-state index < -0.39 is 0 Å². The molecule has 7 nitrogen and oxygen atoms in total. The number of pyridine rings is 1. The van der Waals surface area contributed by atoms with Gasteiger partial charge in [-0.1, -0.05) is 0 Å². The number of ether oxygens (including phenoxy) is 1. The Hall–Kier alpha value is -2.15. The third-order valence-corrected chi connectivity index (χ3v) is 4.82. The number of hydrogen-bond acceptors (Lipinski definition) is 5. The van der Waals surface area contributed by atoms with Crippen LogP contribution < -0.4 is 10.5 Å². The van der Waals surface area contributed by atoms with E-state index >= 15 is 0 Å². The monoisotopic (exact) mass is 315 g/mol. The Kier molecular flexibility index (Phi) is 3.65. The van der Waals surface area contributed by atoms with Crippen molar-refractivity contribution in [2.75, 3.05) is 24.7 Å². The predicted molar refractivity (Wildman–Crippen MR) is 85.5 cm³/mol. The largest absolute Gasteiger partial charge is 0.381 e. The Bertz CT molecular complexity index is 760. The topological polar surface area (TPSA) is 76.0 Å². The van der Waals surface area contributed by atoms with E-state index in [1.165, 1.54) is 0 Å². The minimum Gasteiger partial charge on any atom is -0.381 e. The number of rotatable bonds is 3. The van der Waals surface area contributed by atoms with Crippen molar-refractivity contribution in [3.8, 4) is 0 Å². The van der Waals surface area contributed by atoms with Crippen LogP contribution in [0.1, 0.15) is 23.4 Å². The zero-order chi connectivity index (χ0) is 15.8. The van der Waals surface area contributed by atoms with Crippen molar-refractivity contribution in [3.63, 3.8) is 0 Å². The van der Waals surface area contributed by atoms with Crippen LogP contribution in [0.5, 0.6) is 0 Å². The fourth-order valence-electron chi connectivity index (χ4n) is 3.46. The maximum absolute atomic E-state index is 12.1. The van der Waals surface area contributed by atoms with Gasteiger partial charge in [0.05, 0.1) is 13.2 Å². The number of hydrogen-bond donors (Lipinski definition) is 1. The van der Waals surface area contributed by atoms with E-state index in [0.29, 0.717) is 12.5 Å². The number of fused-ring (bicyclic) bond motifs is 1. The third kappa shape index (κ3) is 2.65. The van der Waals surface area contributed by atoms with E-state index in [4.69, 9.17) is 4.74 Å². The van der Waals surface area contributed by atoms with Crippen molar-refractivity contribution in [2.24, 2.45) is 5.92 Å². The highest BCUT2D eigenvalue weighted by molar-refractivity contribution is 5.39. The van der Waals surface area contributed by atoms with Crippen molar-refractivity contribution >= 4 is 5.95 Å². The molecule has 0 spiro atoms. The lowest BCUT2D eigenvalue weighted by atomic mass is 10.0. The summed E-state index contributed by atoms with van der Waals surface area (Å²) in [6.45, 7) is 5.95. The summed E-state index contributed by atoms with van der Waals surface area (Å²) >= 11 is 0. The summed E-state index contributed by atoms with van der Waals surface area (Å²) in [7, 11) is 0. The van der Waals surface area contributed by atoms with Gasteiger partial charge in [0.1, 0.15) is 5.82 Å². The van der Waals surface area contributed by atoms with Gasteiger partial charge in [0.25, 0.3) is 5.56 Å². The molecule has 122 valence electrons. The van der Waals surface area contributed by atoms with E-state index in [0.717, 1.165) is 62.0 Å². The summed E-state index contributed by atoms with van der Waals surface area (Å²) < 4.78 is 7.65. The van der Waals surface area contributed by atoms with Crippen molar-refractivity contribution in [1.29, 1.82) is 0 Å². The average Bonchev–Trinajstić information content (AvgIpc) is 3.19. The number of aromatic nitrogens is 4.